The van der Waals surface area contributed by atoms with Gasteiger partial charge >= 0.3 is 0 Å². The van der Waals surface area contributed by atoms with Crippen LogP contribution in [0.4, 0.5) is 11.4 Å². The highest BCUT2D eigenvalue weighted by Gasteiger charge is 2.29. The second-order valence-electron chi connectivity index (χ2n) is 7.66. The van der Waals surface area contributed by atoms with Crippen LogP contribution < -0.4 is 9.80 Å². The molecule has 150 valence electrons. The molecule has 5 rings (SSSR count). The van der Waals surface area contributed by atoms with E-state index in [1.54, 1.807) is 24.8 Å². The van der Waals surface area contributed by atoms with Crippen LogP contribution in [0.2, 0.25) is 0 Å². The molecule has 0 unspecified atom stereocenters. The van der Waals surface area contributed by atoms with Crippen molar-refractivity contribution in [3.05, 3.63) is 61.2 Å². The van der Waals surface area contributed by atoms with Gasteiger partial charge in [-0.3, -0.25) is 19.6 Å². The summed E-state index contributed by atoms with van der Waals surface area (Å²) < 4.78 is 0. The topological polar surface area (TPSA) is 66.4 Å². The first-order chi connectivity index (χ1) is 14.7. The third-order valence-corrected chi connectivity index (χ3v) is 5.83. The van der Waals surface area contributed by atoms with Gasteiger partial charge in [0, 0.05) is 61.8 Å². The summed E-state index contributed by atoms with van der Waals surface area (Å²) in [5.41, 5.74) is 5.61. The van der Waals surface area contributed by atoms with E-state index in [9.17, 15) is 9.59 Å². The molecule has 0 radical (unpaired) electrons. The molecule has 0 N–H and O–H groups in total. The van der Waals surface area contributed by atoms with E-state index < -0.39 is 0 Å². The van der Waals surface area contributed by atoms with Crippen molar-refractivity contribution in [1.82, 2.24) is 9.97 Å². The quantitative estimate of drug-likeness (QED) is 0.665. The summed E-state index contributed by atoms with van der Waals surface area (Å²) in [7, 11) is 0. The Morgan fingerprint density at radius 3 is 1.37 bits per heavy atom. The highest BCUT2D eigenvalue weighted by Crippen LogP contribution is 2.43. The summed E-state index contributed by atoms with van der Waals surface area (Å²) in [5, 5.41) is 0. The van der Waals surface area contributed by atoms with Crippen molar-refractivity contribution in [1.29, 1.82) is 0 Å². The van der Waals surface area contributed by atoms with E-state index in [2.05, 4.69) is 22.1 Å². The number of anilines is 2. The zero-order valence-corrected chi connectivity index (χ0v) is 16.6. The lowest BCUT2D eigenvalue weighted by Crippen LogP contribution is -2.27. The van der Waals surface area contributed by atoms with E-state index in [1.165, 1.54) is 0 Å². The van der Waals surface area contributed by atoms with Crippen LogP contribution >= 0.6 is 0 Å². The Balaban J connectivity index is 1.77. The molecule has 2 saturated heterocycles. The lowest BCUT2D eigenvalue weighted by atomic mass is 9.96. The van der Waals surface area contributed by atoms with Gasteiger partial charge in [0.25, 0.3) is 0 Å². The summed E-state index contributed by atoms with van der Waals surface area (Å²) in [5.74, 6) is 0.270. The second kappa shape index (κ2) is 7.71. The maximum absolute atomic E-state index is 12.6. The second-order valence-corrected chi connectivity index (χ2v) is 7.66. The van der Waals surface area contributed by atoms with Crippen molar-refractivity contribution in [2.75, 3.05) is 22.9 Å². The zero-order chi connectivity index (χ0) is 20.5. The number of rotatable bonds is 4. The van der Waals surface area contributed by atoms with Crippen molar-refractivity contribution in [3.8, 4) is 22.3 Å². The van der Waals surface area contributed by atoms with Crippen molar-refractivity contribution in [2.24, 2.45) is 0 Å². The Morgan fingerprint density at radius 1 is 0.633 bits per heavy atom. The van der Waals surface area contributed by atoms with Crippen molar-refractivity contribution < 1.29 is 9.59 Å². The molecule has 30 heavy (non-hydrogen) atoms. The van der Waals surface area contributed by atoms with Crippen molar-refractivity contribution >= 4 is 23.2 Å². The summed E-state index contributed by atoms with van der Waals surface area (Å²) in [6.45, 7) is 1.41. The van der Waals surface area contributed by atoms with Gasteiger partial charge in [0.15, 0.2) is 0 Å². The third-order valence-electron chi connectivity index (χ3n) is 5.83. The molecule has 0 spiro atoms. The number of pyridine rings is 2. The molecule has 2 aliphatic heterocycles. The lowest BCUT2D eigenvalue weighted by Gasteiger charge is -2.26. The molecule has 2 aliphatic rings. The largest absolute Gasteiger partial charge is 0.312 e. The van der Waals surface area contributed by atoms with Gasteiger partial charge in [-0.15, -0.1) is 0 Å². The number of aromatic nitrogens is 2. The lowest BCUT2D eigenvalue weighted by molar-refractivity contribution is -0.117. The van der Waals surface area contributed by atoms with Gasteiger partial charge < -0.3 is 9.80 Å². The summed E-state index contributed by atoms with van der Waals surface area (Å²) >= 11 is 0. The van der Waals surface area contributed by atoms with Crippen LogP contribution in [0.25, 0.3) is 22.3 Å². The molecule has 2 amide bonds. The predicted octanol–water partition coefficient (Wildman–Crippen LogP) is 4.06. The molecular formula is C24H22N4O2. The van der Waals surface area contributed by atoms with Gasteiger partial charge in [-0.1, -0.05) is 0 Å². The van der Waals surface area contributed by atoms with E-state index in [0.29, 0.717) is 25.9 Å². The molecule has 2 fully saturated rings. The van der Waals surface area contributed by atoms with E-state index >= 15 is 0 Å². The fraction of sp³-hybridized carbons (Fsp3) is 0.250. The van der Waals surface area contributed by atoms with E-state index in [-0.39, 0.29) is 11.8 Å². The van der Waals surface area contributed by atoms with Crippen LogP contribution in [0.15, 0.2) is 61.2 Å². The van der Waals surface area contributed by atoms with Crippen molar-refractivity contribution in [3.63, 3.8) is 0 Å². The molecule has 4 heterocycles. The maximum atomic E-state index is 12.6. The van der Waals surface area contributed by atoms with Gasteiger partial charge in [-0.05, 0) is 60.4 Å². The number of amides is 2. The zero-order valence-electron chi connectivity index (χ0n) is 16.6. The standard InChI is InChI=1S/C24H22N4O2/c29-23-3-1-13-27(23)21-15-20(18-7-11-26-12-8-18)22(28-14-2-4-24(28)30)16-19(21)17-5-9-25-10-6-17/h5-12,15-16H,1-4,13-14H2. The summed E-state index contributed by atoms with van der Waals surface area (Å²) in [4.78, 5) is 37.3. The number of carbonyl (C=O) groups excluding carboxylic acids is 2. The minimum absolute atomic E-state index is 0.135. The summed E-state index contributed by atoms with van der Waals surface area (Å²) in [6.07, 6.45) is 9.84. The van der Waals surface area contributed by atoms with E-state index in [0.717, 1.165) is 46.5 Å². The predicted molar refractivity (Wildman–Crippen MR) is 116 cm³/mol. The van der Waals surface area contributed by atoms with Gasteiger partial charge in [-0.25, -0.2) is 0 Å². The molecule has 1 aromatic carbocycles. The normalized spacial score (nSPS) is 16.5. The smallest absolute Gasteiger partial charge is 0.227 e. The Bertz CT molecular complexity index is 1010. The SMILES string of the molecule is O=C1CCCN1c1cc(-c2ccncc2)c(N2CCCC2=O)cc1-c1ccncc1. The molecule has 0 atom stereocenters. The van der Waals surface area contributed by atoms with Gasteiger partial charge in [-0.2, -0.15) is 0 Å². The molecule has 0 bridgehead atoms. The molecule has 0 aliphatic carbocycles. The number of carbonyl (C=O) groups is 2. The molecule has 6 nitrogen and oxygen atoms in total. The first-order valence-corrected chi connectivity index (χ1v) is 10.3. The van der Waals surface area contributed by atoms with E-state index in [4.69, 9.17) is 0 Å². The average molecular weight is 398 g/mol. The number of hydrogen-bond donors (Lipinski definition) is 0. The van der Waals surface area contributed by atoms with Crippen molar-refractivity contribution in [2.45, 2.75) is 25.7 Å². The van der Waals surface area contributed by atoms with Gasteiger partial charge in [0.1, 0.15) is 0 Å². The first kappa shape index (κ1) is 18.5. The Labute approximate surface area is 175 Å². The maximum Gasteiger partial charge on any atom is 0.227 e. The monoisotopic (exact) mass is 398 g/mol. The highest BCUT2D eigenvalue weighted by atomic mass is 16.2. The molecule has 2 aromatic heterocycles. The number of hydrogen-bond acceptors (Lipinski definition) is 4. The minimum Gasteiger partial charge on any atom is -0.312 e. The average Bonchev–Trinajstić information content (AvgIpc) is 3.42. The molecule has 0 saturated carbocycles. The Morgan fingerprint density at radius 2 is 1.03 bits per heavy atom. The first-order valence-electron chi connectivity index (χ1n) is 10.3. The minimum atomic E-state index is 0.135. The van der Waals surface area contributed by atoms with Crippen LogP contribution in [0, 0.1) is 0 Å². The van der Waals surface area contributed by atoms with Crippen LogP contribution in [0.1, 0.15) is 25.7 Å². The number of nitrogens with zero attached hydrogens (tertiary/aromatic N) is 4. The van der Waals surface area contributed by atoms with Crippen LogP contribution in [-0.4, -0.2) is 34.9 Å². The number of benzene rings is 1. The third kappa shape index (κ3) is 3.24. The fourth-order valence-corrected chi connectivity index (χ4v) is 4.35. The van der Waals surface area contributed by atoms with Crippen LogP contribution in [0.5, 0.6) is 0 Å². The molecule has 6 heteroatoms. The Hall–Kier alpha value is -3.54. The van der Waals surface area contributed by atoms with Crippen LogP contribution in [-0.2, 0) is 9.59 Å². The van der Waals surface area contributed by atoms with Gasteiger partial charge in [0.2, 0.25) is 11.8 Å². The molecule has 3 aromatic rings. The Kier molecular flexibility index (Phi) is 4.75. The van der Waals surface area contributed by atoms with E-state index in [1.807, 2.05) is 34.1 Å². The van der Waals surface area contributed by atoms with Crippen LogP contribution in [0.3, 0.4) is 0 Å². The summed E-state index contributed by atoms with van der Waals surface area (Å²) in [6, 6.07) is 11.9. The highest BCUT2D eigenvalue weighted by molar-refractivity contribution is 6.05. The fourth-order valence-electron chi connectivity index (χ4n) is 4.35. The molecular weight excluding hydrogens is 376 g/mol. The van der Waals surface area contributed by atoms with Gasteiger partial charge in [0.05, 0.1) is 11.4 Å².